The monoisotopic (exact) mass is 1540 g/mol. The molecule has 0 unspecified atom stereocenters. The van der Waals surface area contributed by atoms with Crippen LogP contribution in [0, 0.1) is 27.7 Å². The molecule has 0 saturated carbocycles. The van der Waals surface area contributed by atoms with Gasteiger partial charge in [-0.05, 0) is 290 Å². The van der Waals surface area contributed by atoms with Crippen LogP contribution in [0.2, 0.25) is 0 Å². The Morgan fingerprint density at radius 2 is 0.347 bits per heavy atom. The lowest BCUT2D eigenvalue weighted by Crippen LogP contribution is -2.26. The molecule has 121 heavy (non-hydrogen) atoms. The van der Waals surface area contributed by atoms with Crippen LogP contribution in [0.3, 0.4) is 0 Å². The van der Waals surface area contributed by atoms with Crippen LogP contribution >= 0.6 is 0 Å². The van der Waals surface area contributed by atoms with E-state index in [1.54, 1.807) is 0 Å². The van der Waals surface area contributed by atoms with Crippen LogP contribution in [-0.2, 0) is 5.41 Å². The van der Waals surface area contributed by atoms with Gasteiger partial charge in [0, 0.05) is 33.5 Å². The largest absolute Gasteiger partial charge is 0.310 e. The van der Waals surface area contributed by atoms with Gasteiger partial charge in [-0.3, -0.25) is 0 Å². The molecule has 2 heteroatoms. The molecule has 0 amide bonds. The van der Waals surface area contributed by atoms with E-state index in [0.29, 0.717) is 0 Å². The molecule has 572 valence electrons. The average Bonchev–Trinajstić information content (AvgIpc) is 1.50. The zero-order valence-corrected chi connectivity index (χ0v) is 68.1. The molecule has 0 atom stereocenters. The van der Waals surface area contributed by atoms with Gasteiger partial charge in [0.1, 0.15) is 0 Å². The van der Waals surface area contributed by atoms with Crippen molar-refractivity contribution in [1.82, 2.24) is 0 Å². The summed E-state index contributed by atoms with van der Waals surface area (Å²) in [5.41, 5.74) is 41.3. The molecule has 0 saturated heterocycles. The molecule has 0 radical (unpaired) electrons. The van der Waals surface area contributed by atoms with Crippen molar-refractivity contribution in [1.29, 1.82) is 0 Å². The van der Waals surface area contributed by atoms with Crippen molar-refractivity contribution in [3.05, 3.63) is 493 Å². The van der Waals surface area contributed by atoms with Gasteiger partial charge in [-0.2, -0.15) is 0 Å². The highest BCUT2D eigenvalue weighted by molar-refractivity contribution is 6.25. The minimum absolute atomic E-state index is 0.641. The number of hydrogen-bond acceptors (Lipinski definition) is 2. The minimum Gasteiger partial charge on any atom is -0.310 e. The lowest BCUT2D eigenvalue weighted by molar-refractivity contribution is 0.795. The van der Waals surface area contributed by atoms with Crippen LogP contribution in [-0.4, -0.2) is 0 Å². The van der Waals surface area contributed by atoms with Crippen LogP contribution in [0.5, 0.6) is 0 Å². The minimum atomic E-state index is -0.641. The summed E-state index contributed by atoms with van der Waals surface area (Å²) in [5.74, 6) is 0. The number of nitrogens with zero attached hydrogens (tertiary/aromatic N) is 2. The Morgan fingerprint density at radius 3 is 0.587 bits per heavy atom. The molecule has 2 aliphatic carbocycles. The maximum atomic E-state index is 2.53. The summed E-state index contributed by atoms with van der Waals surface area (Å²) >= 11 is 0. The first kappa shape index (κ1) is 73.4. The van der Waals surface area contributed by atoms with Crippen molar-refractivity contribution in [2.45, 2.75) is 33.1 Å². The Labute approximate surface area is 709 Å². The second-order valence-corrected chi connectivity index (χ2v) is 32.4. The number of anilines is 6. The normalized spacial score (nSPS) is 12.0. The maximum Gasteiger partial charge on any atom is 0.0726 e. The number of para-hydroxylation sites is 4. The highest BCUT2D eigenvalue weighted by atomic mass is 15.2. The fraction of sp³-hybridized carbons (Fsp3) is 0.0420. The van der Waals surface area contributed by atoms with E-state index in [2.05, 4.69) is 486 Å². The molecule has 2 nitrogen and oxygen atoms in total. The molecule has 2 aliphatic rings. The molecular formula is C119H86N2. The Kier molecular flexibility index (Phi) is 18.8. The number of fused-ring (bicyclic) bond motifs is 15. The zero-order valence-electron chi connectivity index (χ0n) is 68.1. The predicted octanol–water partition coefficient (Wildman–Crippen LogP) is 32.7. The maximum absolute atomic E-state index is 2.53. The van der Waals surface area contributed by atoms with Gasteiger partial charge in [-0.15, -0.1) is 0 Å². The number of benzene rings is 20. The highest BCUT2D eigenvalue weighted by Crippen LogP contribution is 2.65. The van der Waals surface area contributed by atoms with Gasteiger partial charge in [0.2, 0.25) is 0 Å². The molecule has 1 spiro atoms. The third-order valence-electron chi connectivity index (χ3n) is 25.3. The van der Waals surface area contributed by atoms with Crippen LogP contribution in [0.25, 0.3) is 144 Å². The summed E-state index contributed by atoms with van der Waals surface area (Å²) in [4.78, 5) is 4.76. The van der Waals surface area contributed by atoms with Crippen molar-refractivity contribution in [2.24, 2.45) is 0 Å². The van der Waals surface area contributed by atoms with Gasteiger partial charge in [0.05, 0.1) is 16.8 Å². The summed E-state index contributed by atoms with van der Waals surface area (Å²) in [6.07, 6.45) is 0. The summed E-state index contributed by atoms with van der Waals surface area (Å²) in [5, 5.41) is 7.33. The van der Waals surface area contributed by atoms with Gasteiger partial charge >= 0.3 is 0 Å². The van der Waals surface area contributed by atoms with Crippen LogP contribution < -0.4 is 9.80 Å². The summed E-state index contributed by atoms with van der Waals surface area (Å²) < 4.78 is 0. The molecule has 0 fully saturated rings. The van der Waals surface area contributed by atoms with Crippen molar-refractivity contribution in [3.63, 3.8) is 0 Å². The molecule has 20 aromatic carbocycles. The van der Waals surface area contributed by atoms with Gasteiger partial charge in [0.15, 0.2) is 0 Å². The Bertz CT molecular complexity index is 6510. The Hall–Kier alpha value is -15.2. The molecule has 20 aromatic rings. The van der Waals surface area contributed by atoms with E-state index in [1.165, 1.54) is 188 Å². The van der Waals surface area contributed by atoms with E-state index < -0.39 is 5.41 Å². The van der Waals surface area contributed by atoms with Crippen LogP contribution in [0.4, 0.5) is 34.1 Å². The molecule has 0 bridgehead atoms. The van der Waals surface area contributed by atoms with Crippen molar-refractivity contribution < 1.29 is 0 Å². The van der Waals surface area contributed by atoms with Gasteiger partial charge in [0.25, 0.3) is 0 Å². The standard InChI is InChI=1S/C77H56.C42H30N2/c1-49-13-5-9-17-65(49)57-29-21-53(22-30-57)61-37-41-69-70-42-38-62(54-23-31-58(32-24-54)66-18-10-6-14-50(66)2)46-74(70)77(73(69)45-61)75-47-63(55-25-33-59(34-26-55)67-19-11-7-15-51(67)3)39-43-71(75)72-44-40-64(48-76(72)77)56-27-35-60(36-28-56)68-20-12-8-16-52(68)4;1-5-17-31(18-6-1)43(32-19-7-2-8-20-32)41-29-39-36-26-14-16-28-38(36)42(30-40(39)35-25-13-15-27-37(35)41)44(33-21-9-3-10-22-33)34-23-11-4-12-24-34/h5-48H,1-4H3;1-30H. The fourth-order valence-corrected chi connectivity index (χ4v) is 19.3. The SMILES string of the molecule is Cc1ccccc1-c1ccc(-c2ccc3c(c2)C2(c4cc(-c5ccc(-c6ccccc6C)cc5)ccc4-3)c3cc(-c4ccc(-c5ccccc5C)cc4)ccc3-c3ccc(-c4ccc(-c5ccccc5C)cc4)cc32)cc1.c1ccc(N(c2ccccc2)c2cc3c4ccccc4c(N(c4ccccc4)c4ccccc4)cc3c3ccccc23)cc1. The highest BCUT2D eigenvalue weighted by Gasteiger charge is 2.52. The van der Waals surface area contributed by atoms with Crippen molar-refractivity contribution in [3.8, 4) is 111 Å². The van der Waals surface area contributed by atoms with E-state index in [0.717, 1.165) is 34.1 Å². The molecular weight excluding hydrogens is 1460 g/mol. The lowest BCUT2D eigenvalue weighted by Gasteiger charge is -2.32. The second kappa shape index (κ2) is 31.0. The molecule has 0 aliphatic heterocycles. The molecule has 0 N–H and O–H groups in total. The second-order valence-electron chi connectivity index (χ2n) is 32.4. The topological polar surface area (TPSA) is 6.48 Å². The first-order valence-corrected chi connectivity index (χ1v) is 42.1. The first-order chi connectivity index (χ1) is 59.7. The predicted molar refractivity (Wildman–Crippen MR) is 514 cm³/mol. The third kappa shape index (κ3) is 13.1. The average molecular weight is 1540 g/mol. The zero-order chi connectivity index (χ0) is 81.1. The lowest BCUT2D eigenvalue weighted by atomic mass is 9.69. The van der Waals surface area contributed by atoms with E-state index >= 15 is 0 Å². The first-order valence-electron chi connectivity index (χ1n) is 42.1. The van der Waals surface area contributed by atoms with E-state index in [4.69, 9.17) is 0 Å². The van der Waals surface area contributed by atoms with Crippen molar-refractivity contribution in [2.75, 3.05) is 9.80 Å². The van der Waals surface area contributed by atoms with Gasteiger partial charge in [-0.1, -0.05) is 364 Å². The van der Waals surface area contributed by atoms with E-state index in [1.807, 2.05) is 0 Å². The van der Waals surface area contributed by atoms with Gasteiger partial charge in [-0.25, -0.2) is 0 Å². The Balaban J connectivity index is 0.000000174. The third-order valence-corrected chi connectivity index (χ3v) is 25.3. The number of rotatable bonds is 14. The molecule has 0 aromatic heterocycles. The summed E-state index contributed by atoms with van der Waals surface area (Å²) in [6.45, 7) is 8.79. The van der Waals surface area contributed by atoms with Gasteiger partial charge < -0.3 is 9.80 Å². The van der Waals surface area contributed by atoms with E-state index in [-0.39, 0.29) is 0 Å². The van der Waals surface area contributed by atoms with E-state index in [9.17, 15) is 0 Å². The molecule has 0 heterocycles. The smallest absolute Gasteiger partial charge is 0.0726 e. The quantitative estimate of drug-likeness (QED) is 0.100. The fourth-order valence-electron chi connectivity index (χ4n) is 19.3. The summed E-state index contributed by atoms with van der Waals surface area (Å²) in [6, 6.07) is 166. The van der Waals surface area contributed by atoms with Crippen LogP contribution in [0.15, 0.2) is 449 Å². The summed E-state index contributed by atoms with van der Waals surface area (Å²) in [7, 11) is 0. The Morgan fingerprint density at radius 1 is 0.149 bits per heavy atom. The number of hydrogen-bond donors (Lipinski definition) is 0. The van der Waals surface area contributed by atoms with Crippen molar-refractivity contribution >= 4 is 66.4 Å². The van der Waals surface area contributed by atoms with Crippen LogP contribution in [0.1, 0.15) is 44.5 Å². The number of aryl methyl sites for hydroxylation is 4. The molecule has 22 rings (SSSR count).